The molecular weight excluding hydrogens is 366 g/mol. The van der Waals surface area contributed by atoms with Crippen LogP contribution in [-0.2, 0) is 24.9 Å². The average molecular weight is 396 g/mol. The Bertz CT molecular complexity index is 820. The number of ether oxygens (including phenoxy) is 2. The number of rotatable bonds is 9. The topological polar surface area (TPSA) is 82.5 Å². The normalized spacial score (nSPS) is 12.7. The SMILES string of the molecule is CCOC(CNS(=O)(=O)c1cn(-c2ccccc2)nc1C(C)(C)C)OCC. The number of para-hydroxylation sites is 1. The van der Waals surface area contributed by atoms with Crippen molar-refractivity contribution in [2.75, 3.05) is 19.8 Å². The van der Waals surface area contributed by atoms with Gasteiger partial charge in [0.25, 0.3) is 0 Å². The fourth-order valence-corrected chi connectivity index (χ4v) is 3.93. The van der Waals surface area contributed by atoms with Crippen LogP contribution in [0.15, 0.2) is 41.4 Å². The molecule has 1 heterocycles. The molecule has 0 bridgehead atoms. The maximum Gasteiger partial charge on any atom is 0.244 e. The van der Waals surface area contributed by atoms with Gasteiger partial charge in [-0.1, -0.05) is 39.0 Å². The summed E-state index contributed by atoms with van der Waals surface area (Å²) >= 11 is 0. The standard InChI is InChI=1S/C19H29N3O4S/c1-6-25-17(26-7-2)13-20-27(23,24)16-14-22(15-11-9-8-10-12-15)21-18(16)19(3,4)5/h8-12,14,17,20H,6-7,13H2,1-5H3. The number of nitrogens with zero attached hydrogens (tertiary/aromatic N) is 2. The molecule has 0 aliphatic rings. The Morgan fingerprint density at radius 1 is 1.11 bits per heavy atom. The molecule has 1 N–H and O–H groups in total. The Hall–Kier alpha value is -1.74. The fraction of sp³-hybridized carbons (Fsp3) is 0.526. The number of nitrogens with one attached hydrogen (secondary N) is 1. The molecule has 0 saturated heterocycles. The largest absolute Gasteiger partial charge is 0.352 e. The van der Waals surface area contributed by atoms with Gasteiger partial charge in [0, 0.05) is 18.6 Å². The van der Waals surface area contributed by atoms with Crippen LogP contribution in [0.1, 0.15) is 40.3 Å². The highest BCUT2D eigenvalue weighted by Gasteiger charge is 2.30. The second-order valence-corrected chi connectivity index (χ2v) is 8.80. The van der Waals surface area contributed by atoms with E-state index in [9.17, 15) is 8.42 Å². The highest BCUT2D eigenvalue weighted by Crippen LogP contribution is 2.28. The molecule has 27 heavy (non-hydrogen) atoms. The zero-order chi connectivity index (χ0) is 20.1. The maximum absolute atomic E-state index is 13.0. The van der Waals surface area contributed by atoms with Crippen molar-refractivity contribution in [3.63, 3.8) is 0 Å². The maximum atomic E-state index is 13.0. The third kappa shape index (κ3) is 5.62. The van der Waals surface area contributed by atoms with E-state index in [4.69, 9.17) is 9.47 Å². The molecule has 8 heteroatoms. The monoisotopic (exact) mass is 395 g/mol. The Labute approximate surface area is 161 Å². The van der Waals surface area contributed by atoms with Gasteiger partial charge in [-0.3, -0.25) is 0 Å². The summed E-state index contributed by atoms with van der Waals surface area (Å²) in [6.45, 7) is 10.4. The van der Waals surface area contributed by atoms with E-state index in [2.05, 4.69) is 9.82 Å². The molecule has 2 rings (SSSR count). The Kier molecular flexibility index (Phi) is 7.16. The summed E-state index contributed by atoms with van der Waals surface area (Å²) in [5.74, 6) is 0. The minimum atomic E-state index is -3.79. The molecule has 0 saturated carbocycles. The van der Waals surface area contributed by atoms with Crippen molar-refractivity contribution < 1.29 is 17.9 Å². The van der Waals surface area contributed by atoms with Gasteiger partial charge in [0.2, 0.25) is 10.0 Å². The lowest BCUT2D eigenvalue weighted by atomic mass is 9.92. The van der Waals surface area contributed by atoms with Gasteiger partial charge in [-0.2, -0.15) is 5.10 Å². The van der Waals surface area contributed by atoms with E-state index in [1.54, 1.807) is 10.9 Å². The third-order valence-corrected chi connectivity index (χ3v) is 5.27. The van der Waals surface area contributed by atoms with Gasteiger partial charge < -0.3 is 9.47 Å². The second-order valence-electron chi connectivity index (χ2n) is 7.06. The summed E-state index contributed by atoms with van der Waals surface area (Å²) in [5.41, 5.74) is 0.859. The molecule has 0 spiro atoms. The zero-order valence-corrected chi connectivity index (χ0v) is 17.4. The number of hydrogen-bond acceptors (Lipinski definition) is 5. The molecule has 0 fully saturated rings. The van der Waals surface area contributed by atoms with Crippen LogP contribution in [0, 0.1) is 0 Å². The molecule has 2 aromatic rings. The van der Waals surface area contributed by atoms with Crippen molar-refractivity contribution in [2.24, 2.45) is 0 Å². The minimum Gasteiger partial charge on any atom is -0.352 e. The Morgan fingerprint density at radius 3 is 2.22 bits per heavy atom. The van der Waals surface area contributed by atoms with Gasteiger partial charge in [0.05, 0.1) is 24.1 Å². The van der Waals surface area contributed by atoms with E-state index < -0.39 is 21.7 Å². The van der Waals surface area contributed by atoms with E-state index in [1.807, 2.05) is 65.0 Å². The number of hydrogen-bond donors (Lipinski definition) is 1. The van der Waals surface area contributed by atoms with Crippen LogP contribution >= 0.6 is 0 Å². The molecular formula is C19H29N3O4S. The highest BCUT2D eigenvalue weighted by molar-refractivity contribution is 7.89. The van der Waals surface area contributed by atoms with Gasteiger partial charge in [-0.05, 0) is 26.0 Å². The third-order valence-electron chi connectivity index (χ3n) is 3.85. The second kappa shape index (κ2) is 8.97. The predicted molar refractivity (Wildman–Crippen MR) is 104 cm³/mol. The molecule has 0 unspecified atom stereocenters. The summed E-state index contributed by atoms with van der Waals surface area (Å²) in [7, 11) is -3.79. The minimum absolute atomic E-state index is 0.0319. The van der Waals surface area contributed by atoms with Crippen LogP contribution in [0.3, 0.4) is 0 Å². The summed E-state index contributed by atoms with van der Waals surface area (Å²) in [5, 5.41) is 4.55. The van der Waals surface area contributed by atoms with Crippen molar-refractivity contribution in [1.82, 2.24) is 14.5 Å². The van der Waals surface area contributed by atoms with E-state index >= 15 is 0 Å². The molecule has 0 atom stereocenters. The lowest BCUT2D eigenvalue weighted by Gasteiger charge is -2.19. The lowest BCUT2D eigenvalue weighted by molar-refractivity contribution is -0.130. The first-order chi connectivity index (χ1) is 12.7. The Balaban J connectivity index is 2.35. The predicted octanol–water partition coefficient (Wildman–Crippen LogP) is 2.85. The van der Waals surface area contributed by atoms with Crippen LogP contribution in [0.2, 0.25) is 0 Å². The van der Waals surface area contributed by atoms with E-state index in [-0.39, 0.29) is 11.4 Å². The van der Waals surface area contributed by atoms with Crippen LogP contribution in [0.25, 0.3) is 5.69 Å². The molecule has 0 aliphatic carbocycles. The van der Waals surface area contributed by atoms with Gasteiger partial charge in [-0.25, -0.2) is 17.8 Å². The first kappa shape index (κ1) is 21.6. The molecule has 0 amide bonds. The van der Waals surface area contributed by atoms with Crippen molar-refractivity contribution in [2.45, 2.75) is 51.2 Å². The van der Waals surface area contributed by atoms with Gasteiger partial charge in [-0.15, -0.1) is 0 Å². The molecule has 0 aliphatic heterocycles. The van der Waals surface area contributed by atoms with Gasteiger partial charge in [0.15, 0.2) is 6.29 Å². The number of aromatic nitrogens is 2. The number of benzene rings is 1. The summed E-state index contributed by atoms with van der Waals surface area (Å²) in [4.78, 5) is 0.158. The van der Waals surface area contributed by atoms with Gasteiger partial charge in [0.1, 0.15) is 4.90 Å². The summed E-state index contributed by atoms with van der Waals surface area (Å²) in [6, 6.07) is 9.43. The van der Waals surface area contributed by atoms with Crippen LogP contribution in [0.5, 0.6) is 0 Å². The lowest BCUT2D eigenvalue weighted by Crippen LogP contribution is -2.36. The quantitative estimate of drug-likeness (QED) is 0.660. The van der Waals surface area contributed by atoms with E-state index in [0.717, 1.165) is 5.69 Å². The molecule has 1 aromatic heterocycles. The number of sulfonamides is 1. The molecule has 1 aromatic carbocycles. The average Bonchev–Trinajstić information content (AvgIpc) is 3.08. The smallest absolute Gasteiger partial charge is 0.244 e. The van der Waals surface area contributed by atoms with Crippen molar-refractivity contribution in [3.05, 3.63) is 42.2 Å². The first-order valence-electron chi connectivity index (χ1n) is 9.07. The van der Waals surface area contributed by atoms with Crippen LogP contribution in [-0.4, -0.2) is 44.2 Å². The molecule has 150 valence electrons. The summed E-state index contributed by atoms with van der Waals surface area (Å²) < 4.78 is 41.0. The molecule has 7 nitrogen and oxygen atoms in total. The van der Waals surface area contributed by atoms with E-state index in [1.165, 1.54) is 0 Å². The van der Waals surface area contributed by atoms with Crippen molar-refractivity contribution >= 4 is 10.0 Å². The van der Waals surface area contributed by atoms with E-state index in [0.29, 0.717) is 18.9 Å². The first-order valence-corrected chi connectivity index (χ1v) is 10.6. The summed E-state index contributed by atoms with van der Waals surface area (Å²) in [6.07, 6.45) is 0.922. The van der Waals surface area contributed by atoms with Crippen LogP contribution < -0.4 is 4.72 Å². The Morgan fingerprint density at radius 2 is 1.70 bits per heavy atom. The highest BCUT2D eigenvalue weighted by atomic mass is 32.2. The van der Waals surface area contributed by atoms with Crippen molar-refractivity contribution in [1.29, 1.82) is 0 Å². The van der Waals surface area contributed by atoms with Crippen LogP contribution in [0.4, 0.5) is 0 Å². The van der Waals surface area contributed by atoms with Gasteiger partial charge >= 0.3 is 0 Å². The zero-order valence-electron chi connectivity index (χ0n) is 16.6. The van der Waals surface area contributed by atoms with Crippen molar-refractivity contribution in [3.8, 4) is 5.69 Å². The molecule has 0 radical (unpaired) electrons. The fourth-order valence-electron chi connectivity index (χ4n) is 2.58.